The summed E-state index contributed by atoms with van der Waals surface area (Å²) in [6, 6.07) is 5.71. The molecule has 2 unspecified atom stereocenters. The molecule has 2 atom stereocenters. The van der Waals surface area contributed by atoms with E-state index in [1.165, 1.54) is 0 Å². The SMILES string of the molecule is CCCC1CC(C(=O)Nc2ccc(N(C)C)c(Cl)c2)NN1. The van der Waals surface area contributed by atoms with Crippen molar-refractivity contribution in [1.29, 1.82) is 0 Å². The average molecular weight is 311 g/mol. The molecule has 1 aliphatic rings. The second-order valence-electron chi connectivity index (χ2n) is 5.61. The molecule has 5 nitrogen and oxygen atoms in total. The molecule has 1 fully saturated rings. The lowest BCUT2D eigenvalue weighted by Crippen LogP contribution is -2.40. The zero-order valence-corrected chi connectivity index (χ0v) is 13.5. The average Bonchev–Trinajstić information content (AvgIpc) is 2.87. The van der Waals surface area contributed by atoms with Gasteiger partial charge in [-0.25, -0.2) is 5.43 Å². The Kier molecular flexibility index (Phi) is 5.45. The van der Waals surface area contributed by atoms with E-state index >= 15 is 0 Å². The van der Waals surface area contributed by atoms with E-state index in [1.807, 2.05) is 31.1 Å². The number of carbonyl (C=O) groups excluding carboxylic acids is 1. The van der Waals surface area contributed by atoms with Crippen LogP contribution in [0.15, 0.2) is 18.2 Å². The Bertz CT molecular complexity index is 506. The summed E-state index contributed by atoms with van der Waals surface area (Å²) in [6.07, 6.45) is 2.98. The van der Waals surface area contributed by atoms with Crippen molar-refractivity contribution in [3.63, 3.8) is 0 Å². The minimum absolute atomic E-state index is 0.0326. The van der Waals surface area contributed by atoms with Gasteiger partial charge in [-0.2, -0.15) is 0 Å². The Balaban J connectivity index is 1.96. The number of hydrazine groups is 1. The Labute approximate surface area is 131 Å². The molecule has 21 heavy (non-hydrogen) atoms. The van der Waals surface area contributed by atoms with Gasteiger partial charge in [0, 0.05) is 25.8 Å². The van der Waals surface area contributed by atoms with Crippen LogP contribution in [0.1, 0.15) is 26.2 Å². The van der Waals surface area contributed by atoms with Gasteiger partial charge in [0.05, 0.1) is 10.7 Å². The van der Waals surface area contributed by atoms with Crippen molar-refractivity contribution in [3.05, 3.63) is 23.2 Å². The number of amides is 1. The smallest absolute Gasteiger partial charge is 0.242 e. The maximum absolute atomic E-state index is 12.2. The van der Waals surface area contributed by atoms with Crippen molar-refractivity contribution in [2.45, 2.75) is 38.3 Å². The van der Waals surface area contributed by atoms with Gasteiger partial charge in [0.2, 0.25) is 5.91 Å². The molecular formula is C15H23ClN4O. The summed E-state index contributed by atoms with van der Waals surface area (Å²) < 4.78 is 0. The van der Waals surface area contributed by atoms with Gasteiger partial charge in [0.1, 0.15) is 6.04 Å². The highest BCUT2D eigenvalue weighted by Gasteiger charge is 2.28. The zero-order valence-electron chi connectivity index (χ0n) is 12.7. The molecule has 0 aliphatic carbocycles. The summed E-state index contributed by atoms with van der Waals surface area (Å²) in [4.78, 5) is 14.2. The van der Waals surface area contributed by atoms with E-state index in [1.54, 1.807) is 6.07 Å². The van der Waals surface area contributed by atoms with Crippen molar-refractivity contribution < 1.29 is 4.79 Å². The van der Waals surface area contributed by atoms with E-state index in [0.717, 1.165) is 30.6 Å². The molecule has 0 spiro atoms. The lowest BCUT2D eigenvalue weighted by molar-refractivity contribution is -0.117. The maximum atomic E-state index is 12.2. The molecule has 0 bridgehead atoms. The first-order valence-electron chi connectivity index (χ1n) is 7.30. The highest BCUT2D eigenvalue weighted by molar-refractivity contribution is 6.33. The number of carbonyl (C=O) groups is 1. The van der Waals surface area contributed by atoms with Crippen molar-refractivity contribution in [3.8, 4) is 0 Å². The molecule has 1 heterocycles. The lowest BCUT2D eigenvalue weighted by atomic mass is 10.1. The van der Waals surface area contributed by atoms with Gasteiger partial charge >= 0.3 is 0 Å². The zero-order chi connectivity index (χ0) is 15.4. The van der Waals surface area contributed by atoms with Crippen LogP contribution in [0, 0.1) is 0 Å². The van der Waals surface area contributed by atoms with Crippen molar-refractivity contribution >= 4 is 28.9 Å². The molecule has 0 saturated carbocycles. The molecule has 116 valence electrons. The molecule has 3 N–H and O–H groups in total. The number of hydrogen-bond donors (Lipinski definition) is 3. The molecule has 2 rings (SSSR count). The first-order valence-corrected chi connectivity index (χ1v) is 7.68. The van der Waals surface area contributed by atoms with E-state index in [-0.39, 0.29) is 11.9 Å². The predicted molar refractivity (Wildman–Crippen MR) is 87.8 cm³/mol. The second kappa shape index (κ2) is 7.11. The summed E-state index contributed by atoms with van der Waals surface area (Å²) in [6.45, 7) is 2.14. The number of anilines is 2. The molecule has 0 radical (unpaired) electrons. The monoisotopic (exact) mass is 310 g/mol. The van der Waals surface area contributed by atoms with Crippen LogP contribution in [0.4, 0.5) is 11.4 Å². The Morgan fingerprint density at radius 1 is 1.43 bits per heavy atom. The molecule has 1 aromatic carbocycles. The highest BCUT2D eigenvalue weighted by atomic mass is 35.5. The number of halogens is 1. The van der Waals surface area contributed by atoms with Crippen molar-refractivity contribution in [2.24, 2.45) is 0 Å². The normalized spacial score (nSPS) is 21.3. The number of nitrogens with zero attached hydrogens (tertiary/aromatic N) is 1. The largest absolute Gasteiger partial charge is 0.376 e. The van der Waals surface area contributed by atoms with Crippen LogP contribution in [0.5, 0.6) is 0 Å². The lowest BCUT2D eigenvalue weighted by Gasteiger charge is -2.16. The van der Waals surface area contributed by atoms with Crippen LogP contribution in [0.3, 0.4) is 0 Å². The van der Waals surface area contributed by atoms with Crippen LogP contribution in [0.2, 0.25) is 5.02 Å². The summed E-state index contributed by atoms with van der Waals surface area (Å²) >= 11 is 6.21. The summed E-state index contributed by atoms with van der Waals surface area (Å²) in [5.74, 6) is -0.0326. The molecule has 1 aromatic rings. The molecule has 6 heteroatoms. The fourth-order valence-corrected chi connectivity index (χ4v) is 2.86. The van der Waals surface area contributed by atoms with E-state index in [0.29, 0.717) is 11.1 Å². The summed E-state index contributed by atoms with van der Waals surface area (Å²) in [5.41, 5.74) is 7.87. The topological polar surface area (TPSA) is 56.4 Å². The third-order valence-corrected chi connectivity index (χ3v) is 3.94. The minimum Gasteiger partial charge on any atom is -0.376 e. The highest BCUT2D eigenvalue weighted by Crippen LogP contribution is 2.27. The van der Waals surface area contributed by atoms with Gasteiger partial charge in [-0.05, 0) is 31.0 Å². The molecule has 1 saturated heterocycles. The fourth-order valence-electron chi connectivity index (χ4n) is 2.51. The van der Waals surface area contributed by atoms with Gasteiger partial charge in [-0.3, -0.25) is 10.2 Å². The van der Waals surface area contributed by atoms with Crippen LogP contribution < -0.4 is 21.1 Å². The van der Waals surface area contributed by atoms with Crippen molar-refractivity contribution in [2.75, 3.05) is 24.3 Å². The third-order valence-electron chi connectivity index (χ3n) is 3.63. The standard InChI is InChI=1S/C15H23ClN4O/c1-4-5-11-9-13(19-18-11)15(21)17-10-6-7-14(20(2)3)12(16)8-10/h6-8,11,13,18-19H,4-5,9H2,1-3H3,(H,17,21). The van der Waals surface area contributed by atoms with Gasteiger partial charge < -0.3 is 10.2 Å². The fraction of sp³-hybridized carbons (Fsp3) is 0.533. The Morgan fingerprint density at radius 2 is 2.19 bits per heavy atom. The van der Waals surface area contributed by atoms with E-state index in [9.17, 15) is 4.79 Å². The van der Waals surface area contributed by atoms with E-state index in [4.69, 9.17) is 11.6 Å². The number of nitrogens with one attached hydrogen (secondary N) is 3. The molecular weight excluding hydrogens is 288 g/mol. The first-order chi connectivity index (χ1) is 10.0. The second-order valence-corrected chi connectivity index (χ2v) is 6.02. The van der Waals surface area contributed by atoms with E-state index in [2.05, 4.69) is 23.1 Å². The molecule has 1 amide bonds. The molecule has 0 aromatic heterocycles. The van der Waals surface area contributed by atoms with Crippen LogP contribution >= 0.6 is 11.6 Å². The maximum Gasteiger partial charge on any atom is 0.242 e. The van der Waals surface area contributed by atoms with Crippen LogP contribution in [-0.4, -0.2) is 32.1 Å². The van der Waals surface area contributed by atoms with Crippen LogP contribution in [-0.2, 0) is 4.79 Å². The predicted octanol–water partition coefficient (Wildman–Crippen LogP) is 2.38. The van der Waals surface area contributed by atoms with Gasteiger partial charge in [-0.15, -0.1) is 0 Å². The first kappa shape index (κ1) is 16.1. The van der Waals surface area contributed by atoms with Gasteiger partial charge in [0.25, 0.3) is 0 Å². The van der Waals surface area contributed by atoms with Gasteiger partial charge in [-0.1, -0.05) is 24.9 Å². The Morgan fingerprint density at radius 3 is 2.81 bits per heavy atom. The Hall–Kier alpha value is -1.30. The summed E-state index contributed by atoms with van der Waals surface area (Å²) in [5, 5.41) is 3.53. The van der Waals surface area contributed by atoms with Crippen LogP contribution in [0.25, 0.3) is 0 Å². The van der Waals surface area contributed by atoms with Gasteiger partial charge in [0.15, 0.2) is 0 Å². The third kappa shape index (κ3) is 4.09. The summed E-state index contributed by atoms with van der Waals surface area (Å²) in [7, 11) is 3.86. The number of rotatable bonds is 5. The van der Waals surface area contributed by atoms with Crippen molar-refractivity contribution in [1.82, 2.24) is 10.9 Å². The minimum atomic E-state index is -0.200. The molecule has 1 aliphatic heterocycles. The van der Waals surface area contributed by atoms with E-state index < -0.39 is 0 Å². The number of benzene rings is 1. The number of hydrogen-bond acceptors (Lipinski definition) is 4. The quantitative estimate of drug-likeness (QED) is 0.781.